The van der Waals surface area contributed by atoms with Gasteiger partial charge in [-0.05, 0) is 31.5 Å². The number of β-amino-alcohol motifs (C(OH)–C–C–N with tert-alkyl or cyclic N) is 2. The van der Waals surface area contributed by atoms with E-state index >= 15 is 0 Å². The van der Waals surface area contributed by atoms with E-state index in [0.29, 0.717) is 25.1 Å². The van der Waals surface area contributed by atoms with Crippen LogP contribution in [0.25, 0.3) is 0 Å². The summed E-state index contributed by atoms with van der Waals surface area (Å²) in [4.78, 5) is 13.5. The minimum absolute atomic E-state index is 0.0159. The Bertz CT molecular complexity index is 418. The molecular weight excluding hydrogens is 256 g/mol. The average Bonchev–Trinajstić information content (AvgIpc) is 3.11. The van der Waals surface area contributed by atoms with Crippen molar-refractivity contribution >= 4 is 5.91 Å². The molecule has 2 saturated heterocycles. The molecular formula is C15H22N2O3. The van der Waals surface area contributed by atoms with Gasteiger partial charge in [0.05, 0.1) is 12.2 Å². The number of amides is 1. The lowest BCUT2D eigenvalue weighted by Gasteiger charge is -2.15. The van der Waals surface area contributed by atoms with Gasteiger partial charge in [-0.25, -0.2) is 0 Å². The number of carbonyl (C=O) groups is 1. The second-order valence-electron chi connectivity index (χ2n) is 5.21. The van der Waals surface area contributed by atoms with E-state index in [9.17, 15) is 9.90 Å². The summed E-state index contributed by atoms with van der Waals surface area (Å²) in [5, 5.41) is 21.0. The maximum atomic E-state index is 11.8. The third kappa shape index (κ3) is 4.30. The van der Waals surface area contributed by atoms with Crippen molar-refractivity contribution in [1.29, 1.82) is 0 Å². The van der Waals surface area contributed by atoms with Crippen LogP contribution in [-0.4, -0.2) is 59.4 Å². The lowest BCUT2D eigenvalue weighted by Crippen LogP contribution is -2.29. The van der Waals surface area contributed by atoms with E-state index < -0.39 is 0 Å². The Hall–Kier alpha value is -1.43. The van der Waals surface area contributed by atoms with Crippen molar-refractivity contribution in [2.75, 3.05) is 26.2 Å². The van der Waals surface area contributed by atoms with Gasteiger partial charge >= 0.3 is 0 Å². The number of carbonyl (C=O) groups excluding carboxylic acids is 1. The summed E-state index contributed by atoms with van der Waals surface area (Å²) in [6.45, 7) is 2.91. The molecule has 3 N–H and O–H groups in total. The van der Waals surface area contributed by atoms with Crippen LogP contribution >= 0.6 is 0 Å². The van der Waals surface area contributed by atoms with Crippen molar-refractivity contribution in [2.24, 2.45) is 0 Å². The second kappa shape index (κ2) is 7.38. The fourth-order valence-corrected chi connectivity index (χ4v) is 2.33. The van der Waals surface area contributed by atoms with Gasteiger partial charge < -0.3 is 20.4 Å². The zero-order valence-corrected chi connectivity index (χ0v) is 11.5. The van der Waals surface area contributed by atoms with E-state index in [4.69, 9.17) is 5.11 Å². The maximum Gasteiger partial charge on any atom is 0.253 e. The van der Waals surface area contributed by atoms with E-state index in [-0.39, 0.29) is 18.1 Å². The Morgan fingerprint density at radius 3 is 2.35 bits per heavy atom. The van der Waals surface area contributed by atoms with Crippen LogP contribution in [0.3, 0.4) is 0 Å². The predicted molar refractivity (Wildman–Crippen MR) is 76.5 cm³/mol. The molecule has 5 heteroatoms. The third-order valence-electron chi connectivity index (χ3n) is 3.51. The van der Waals surface area contributed by atoms with Crippen LogP contribution < -0.4 is 5.32 Å². The first-order valence-corrected chi connectivity index (χ1v) is 7.08. The Morgan fingerprint density at radius 2 is 1.90 bits per heavy atom. The third-order valence-corrected chi connectivity index (χ3v) is 3.51. The maximum absolute atomic E-state index is 11.8. The van der Waals surface area contributed by atoms with E-state index in [1.165, 1.54) is 0 Å². The van der Waals surface area contributed by atoms with Crippen LogP contribution in [-0.2, 0) is 0 Å². The number of nitrogens with zero attached hydrogens (tertiary/aromatic N) is 1. The Kier molecular flexibility index (Phi) is 5.52. The standard InChI is InChI=1S/C11H13NO2.C4H9NO/c13-10-6-7-12(8-10)11(14)9-4-2-1-3-5-9;6-4-1-2-5-3-4/h1-5,10,13H,6-8H2;4-6H,1-3H2. The number of aliphatic hydroxyl groups excluding tert-OH is 2. The highest BCUT2D eigenvalue weighted by Gasteiger charge is 2.24. The molecule has 0 aliphatic carbocycles. The molecule has 0 radical (unpaired) electrons. The quantitative estimate of drug-likeness (QED) is 0.688. The number of hydrogen-bond donors (Lipinski definition) is 3. The molecule has 2 aliphatic rings. The van der Waals surface area contributed by atoms with Crippen LogP contribution in [0.5, 0.6) is 0 Å². The first kappa shape index (κ1) is 15.0. The number of likely N-dealkylation sites (tertiary alicyclic amines) is 1. The fraction of sp³-hybridized carbons (Fsp3) is 0.533. The Labute approximate surface area is 119 Å². The molecule has 2 unspecified atom stereocenters. The van der Waals surface area contributed by atoms with Gasteiger partial charge in [0.25, 0.3) is 5.91 Å². The summed E-state index contributed by atoms with van der Waals surface area (Å²) >= 11 is 0. The van der Waals surface area contributed by atoms with Gasteiger partial charge in [-0.2, -0.15) is 0 Å². The minimum Gasteiger partial charge on any atom is -0.392 e. The van der Waals surface area contributed by atoms with Crippen LogP contribution in [0, 0.1) is 0 Å². The zero-order chi connectivity index (χ0) is 14.4. The van der Waals surface area contributed by atoms with Crippen molar-refractivity contribution in [1.82, 2.24) is 10.2 Å². The van der Waals surface area contributed by atoms with E-state index in [1.54, 1.807) is 17.0 Å². The molecule has 1 aromatic rings. The fourth-order valence-electron chi connectivity index (χ4n) is 2.33. The Morgan fingerprint density at radius 1 is 1.15 bits per heavy atom. The molecule has 2 atom stereocenters. The molecule has 1 amide bonds. The molecule has 0 aromatic heterocycles. The zero-order valence-electron chi connectivity index (χ0n) is 11.5. The summed E-state index contributed by atoms with van der Waals surface area (Å²) in [7, 11) is 0. The molecule has 3 rings (SSSR count). The predicted octanol–water partition coefficient (Wildman–Crippen LogP) is 0.234. The van der Waals surface area contributed by atoms with E-state index in [1.807, 2.05) is 18.2 Å². The minimum atomic E-state index is -0.345. The van der Waals surface area contributed by atoms with E-state index in [0.717, 1.165) is 19.5 Å². The normalized spacial score (nSPS) is 25.2. The topological polar surface area (TPSA) is 72.8 Å². The number of rotatable bonds is 1. The van der Waals surface area contributed by atoms with Crippen LogP contribution in [0.1, 0.15) is 23.2 Å². The largest absolute Gasteiger partial charge is 0.392 e. The van der Waals surface area contributed by atoms with Gasteiger partial charge in [-0.1, -0.05) is 18.2 Å². The number of nitrogens with one attached hydrogen (secondary N) is 1. The molecule has 1 aromatic carbocycles. The molecule has 20 heavy (non-hydrogen) atoms. The van der Waals surface area contributed by atoms with Crippen LogP contribution in [0.2, 0.25) is 0 Å². The SMILES string of the molecule is O=C(c1ccccc1)N1CCC(O)C1.OC1CCNC1. The molecule has 0 spiro atoms. The molecule has 110 valence electrons. The van der Waals surface area contributed by atoms with Gasteiger partial charge in [0.2, 0.25) is 0 Å². The number of aliphatic hydroxyl groups is 2. The number of benzene rings is 1. The lowest BCUT2D eigenvalue weighted by atomic mass is 10.2. The highest BCUT2D eigenvalue weighted by molar-refractivity contribution is 5.94. The molecule has 0 bridgehead atoms. The Balaban J connectivity index is 0.000000205. The molecule has 2 heterocycles. The van der Waals surface area contributed by atoms with E-state index in [2.05, 4.69) is 5.32 Å². The average molecular weight is 278 g/mol. The van der Waals surface area contributed by atoms with Crippen LogP contribution in [0.4, 0.5) is 0 Å². The van der Waals surface area contributed by atoms with Gasteiger partial charge in [-0.3, -0.25) is 4.79 Å². The molecule has 5 nitrogen and oxygen atoms in total. The van der Waals surface area contributed by atoms with Crippen molar-refractivity contribution in [3.8, 4) is 0 Å². The highest BCUT2D eigenvalue weighted by atomic mass is 16.3. The van der Waals surface area contributed by atoms with Gasteiger partial charge in [0.15, 0.2) is 0 Å². The lowest BCUT2D eigenvalue weighted by molar-refractivity contribution is 0.0765. The molecule has 2 fully saturated rings. The summed E-state index contributed by atoms with van der Waals surface area (Å²) in [5.41, 5.74) is 0.696. The van der Waals surface area contributed by atoms with Crippen LogP contribution in [0.15, 0.2) is 30.3 Å². The first-order chi connectivity index (χ1) is 9.66. The second-order valence-corrected chi connectivity index (χ2v) is 5.21. The van der Waals surface area contributed by atoms with Gasteiger partial charge in [0.1, 0.15) is 0 Å². The first-order valence-electron chi connectivity index (χ1n) is 7.08. The van der Waals surface area contributed by atoms with Crippen molar-refractivity contribution in [3.63, 3.8) is 0 Å². The van der Waals surface area contributed by atoms with Crippen molar-refractivity contribution < 1.29 is 15.0 Å². The summed E-state index contributed by atoms with van der Waals surface area (Å²) in [5.74, 6) is 0.0159. The molecule has 2 aliphatic heterocycles. The monoisotopic (exact) mass is 278 g/mol. The van der Waals surface area contributed by atoms with Crippen molar-refractivity contribution in [2.45, 2.75) is 25.0 Å². The van der Waals surface area contributed by atoms with Gasteiger partial charge in [-0.15, -0.1) is 0 Å². The summed E-state index contributed by atoms with van der Waals surface area (Å²) in [6, 6.07) is 9.18. The van der Waals surface area contributed by atoms with Crippen molar-refractivity contribution in [3.05, 3.63) is 35.9 Å². The molecule has 0 saturated carbocycles. The van der Waals surface area contributed by atoms with Gasteiger partial charge in [0, 0.05) is 25.2 Å². The summed E-state index contributed by atoms with van der Waals surface area (Å²) in [6.07, 6.45) is 1.21. The number of hydrogen-bond acceptors (Lipinski definition) is 4. The smallest absolute Gasteiger partial charge is 0.253 e. The summed E-state index contributed by atoms with van der Waals surface area (Å²) < 4.78 is 0. The highest BCUT2D eigenvalue weighted by Crippen LogP contribution is 2.12.